The highest BCUT2D eigenvalue weighted by atomic mass is 127. The minimum absolute atomic E-state index is 0. The lowest BCUT2D eigenvalue weighted by atomic mass is 9.92. The second kappa shape index (κ2) is 9.60. The van der Waals surface area contributed by atoms with Gasteiger partial charge in [-0.3, -0.25) is 4.99 Å². The second-order valence-electron chi connectivity index (χ2n) is 6.93. The Morgan fingerprint density at radius 2 is 2.08 bits per heavy atom. The van der Waals surface area contributed by atoms with Gasteiger partial charge >= 0.3 is 0 Å². The van der Waals surface area contributed by atoms with Crippen molar-refractivity contribution in [2.24, 2.45) is 4.99 Å². The number of rotatable bonds is 5. The number of halogens is 1. The van der Waals surface area contributed by atoms with Crippen LogP contribution in [0.4, 0.5) is 0 Å². The fourth-order valence-corrected chi connectivity index (χ4v) is 3.84. The minimum atomic E-state index is 0. The minimum Gasteiger partial charge on any atom is -0.493 e. The third kappa shape index (κ3) is 5.13. The summed E-state index contributed by atoms with van der Waals surface area (Å²) in [5, 5.41) is 9.10. The lowest BCUT2D eigenvalue weighted by Crippen LogP contribution is -2.41. The van der Waals surface area contributed by atoms with E-state index in [4.69, 9.17) is 9.73 Å². The molecule has 2 N–H and O–H groups in total. The zero-order chi connectivity index (χ0) is 17.7. The summed E-state index contributed by atoms with van der Waals surface area (Å²) in [5.41, 5.74) is 1.24. The fraction of sp³-hybridized carbons (Fsp3) is 0.450. The summed E-state index contributed by atoms with van der Waals surface area (Å²) in [6, 6.07) is 12.8. The molecule has 0 aliphatic carbocycles. The average molecular weight is 485 g/mol. The molecular formula is C20H28IN3OS. The smallest absolute Gasteiger partial charge is 0.191 e. The Balaban J connectivity index is 0.00000243. The molecule has 0 amide bonds. The van der Waals surface area contributed by atoms with Gasteiger partial charge in [-0.1, -0.05) is 38.1 Å². The molecular weight excluding hydrogens is 457 g/mol. The van der Waals surface area contributed by atoms with E-state index in [0.29, 0.717) is 0 Å². The van der Waals surface area contributed by atoms with Crippen LogP contribution in [-0.2, 0) is 5.41 Å². The molecule has 1 unspecified atom stereocenters. The van der Waals surface area contributed by atoms with Crippen molar-refractivity contribution >= 4 is 41.3 Å². The Hall–Kier alpha value is -1.28. The first-order valence-electron chi connectivity index (χ1n) is 8.90. The van der Waals surface area contributed by atoms with Crippen molar-refractivity contribution in [2.75, 3.05) is 19.7 Å². The number of thiophene rings is 1. The van der Waals surface area contributed by atoms with Gasteiger partial charge in [0.25, 0.3) is 0 Å². The maximum Gasteiger partial charge on any atom is 0.191 e. The van der Waals surface area contributed by atoms with Crippen LogP contribution >= 0.6 is 35.3 Å². The van der Waals surface area contributed by atoms with Gasteiger partial charge in [-0.2, -0.15) is 0 Å². The van der Waals surface area contributed by atoms with E-state index in [1.54, 1.807) is 11.3 Å². The summed E-state index contributed by atoms with van der Waals surface area (Å²) in [4.78, 5) is 6.23. The summed E-state index contributed by atoms with van der Waals surface area (Å²) < 4.78 is 5.76. The third-order valence-electron chi connectivity index (χ3n) is 4.43. The largest absolute Gasteiger partial charge is 0.493 e. The predicted molar refractivity (Wildman–Crippen MR) is 121 cm³/mol. The van der Waals surface area contributed by atoms with Gasteiger partial charge in [0.1, 0.15) is 5.75 Å². The molecule has 4 nitrogen and oxygen atoms in total. The molecule has 1 aromatic heterocycles. The van der Waals surface area contributed by atoms with Gasteiger partial charge in [-0.15, -0.1) is 35.3 Å². The van der Waals surface area contributed by atoms with Gasteiger partial charge in [0, 0.05) is 28.8 Å². The predicted octanol–water partition coefficient (Wildman–Crippen LogP) is 4.72. The molecule has 0 saturated carbocycles. The number of aliphatic imine (C=N–C) groups is 1. The standard InChI is InChI=1S/C20H27N3OS.HI/c1-4-21-19(22-14-20(2,3)18-10-7-13-25-18)23-16-11-12-24-17-9-6-5-8-15(16)17;/h5-10,13,16H,4,11-12,14H2,1-3H3,(H2,21,22,23);1H. The highest BCUT2D eigenvalue weighted by Crippen LogP contribution is 2.31. The van der Waals surface area contributed by atoms with Crippen LogP contribution in [0.2, 0.25) is 0 Å². The van der Waals surface area contributed by atoms with Crippen LogP contribution in [0.5, 0.6) is 5.75 Å². The van der Waals surface area contributed by atoms with Crippen molar-refractivity contribution in [1.29, 1.82) is 0 Å². The number of guanidine groups is 1. The van der Waals surface area contributed by atoms with Crippen molar-refractivity contribution in [2.45, 2.75) is 38.6 Å². The molecule has 0 radical (unpaired) electrons. The maximum absolute atomic E-state index is 5.76. The van der Waals surface area contributed by atoms with Crippen LogP contribution < -0.4 is 15.4 Å². The first kappa shape index (κ1) is 21.0. The molecule has 3 rings (SSSR count). The summed E-state index contributed by atoms with van der Waals surface area (Å²) in [6.45, 7) is 8.91. The van der Waals surface area contributed by atoms with Crippen molar-refractivity contribution in [3.63, 3.8) is 0 Å². The van der Waals surface area contributed by atoms with Crippen molar-refractivity contribution < 1.29 is 4.74 Å². The first-order valence-corrected chi connectivity index (χ1v) is 9.78. The summed E-state index contributed by atoms with van der Waals surface area (Å²) in [7, 11) is 0. The van der Waals surface area contributed by atoms with Gasteiger partial charge < -0.3 is 15.4 Å². The topological polar surface area (TPSA) is 45.7 Å². The molecule has 0 bridgehead atoms. The maximum atomic E-state index is 5.76. The Bertz CT molecular complexity index is 716. The second-order valence-corrected chi connectivity index (χ2v) is 7.88. The van der Waals surface area contributed by atoms with E-state index in [9.17, 15) is 0 Å². The quantitative estimate of drug-likeness (QED) is 0.366. The molecule has 1 atom stereocenters. The summed E-state index contributed by atoms with van der Waals surface area (Å²) in [5.74, 6) is 1.84. The van der Waals surface area contributed by atoms with Gasteiger partial charge in [0.15, 0.2) is 5.96 Å². The number of para-hydroxylation sites is 1. The zero-order valence-corrected chi connectivity index (χ0v) is 18.8. The number of nitrogens with zero attached hydrogens (tertiary/aromatic N) is 1. The van der Waals surface area contributed by atoms with Crippen LogP contribution in [0.3, 0.4) is 0 Å². The van der Waals surface area contributed by atoms with Gasteiger partial charge in [0.05, 0.1) is 19.2 Å². The van der Waals surface area contributed by atoms with Crippen LogP contribution in [-0.4, -0.2) is 25.7 Å². The summed E-state index contributed by atoms with van der Waals surface area (Å²) >= 11 is 1.79. The summed E-state index contributed by atoms with van der Waals surface area (Å²) in [6.07, 6.45) is 0.940. The van der Waals surface area contributed by atoms with Crippen molar-refractivity contribution in [1.82, 2.24) is 10.6 Å². The molecule has 0 fully saturated rings. The van der Waals surface area contributed by atoms with E-state index in [1.807, 2.05) is 12.1 Å². The van der Waals surface area contributed by atoms with Crippen LogP contribution in [0.1, 0.15) is 43.7 Å². The van der Waals surface area contributed by atoms with Crippen LogP contribution in [0.25, 0.3) is 0 Å². The molecule has 26 heavy (non-hydrogen) atoms. The monoisotopic (exact) mass is 485 g/mol. The normalized spacial score (nSPS) is 16.9. The number of ether oxygens (including phenoxy) is 1. The highest BCUT2D eigenvalue weighted by molar-refractivity contribution is 14.0. The lowest BCUT2D eigenvalue weighted by Gasteiger charge is -2.28. The molecule has 2 heterocycles. The molecule has 0 saturated heterocycles. The molecule has 1 aliphatic heterocycles. The van der Waals surface area contributed by atoms with Crippen molar-refractivity contribution in [3.05, 3.63) is 52.2 Å². The van der Waals surface area contributed by atoms with E-state index < -0.39 is 0 Å². The Morgan fingerprint density at radius 3 is 2.81 bits per heavy atom. The molecule has 1 aliphatic rings. The van der Waals surface area contributed by atoms with E-state index in [-0.39, 0.29) is 35.4 Å². The van der Waals surface area contributed by atoms with E-state index in [2.05, 4.69) is 61.1 Å². The fourth-order valence-electron chi connectivity index (χ4n) is 3.00. The average Bonchev–Trinajstić information content (AvgIpc) is 3.16. The number of hydrogen-bond donors (Lipinski definition) is 2. The number of fused-ring (bicyclic) bond motifs is 1. The molecule has 0 spiro atoms. The number of hydrogen-bond acceptors (Lipinski definition) is 3. The highest BCUT2D eigenvalue weighted by Gasteiger charge is 2.24. The Labute approximate surface area is 177 Å². The molecule has 1 aromatic carbocycles. The van der Waals surface area contributed by atoms with Gasteiger partial charge in [-0.05, 0) is 24.4 Å². The number of benzene rings is 1. The van der Waals surface area contributed by atoms with E-state index >= 15 is 0 Å². The third-order valence-corrected chi connectivity index (χ3v) is 5.67. The van der Waals surface area contributed by atoms with Crippen LogP contribution in [0, 0.1) is 0 Å². The first-order chi connectivity index (χ1) is 12.1. The molecule has 142 valence electrons. The Morgan fingerprint density at radius 1 is 1.27 bits per heavy atom. The van der Waals surface area contributed by atoms with E-state index in [1.165, 1.54) is 10.4 Å². The van der Waals surface area contributed by atoms with Crippen molar-refractivity contribution in [3.8, 4) is 5.75 Å². The Kier molecular flexibility index (Phi) is 7.76. The molecule has 2 aromatic rings. The van der Waals surface area contributed by atoms with E-state index in [0.717, 1.165) is 37.8 Å². The van der Waals surface area contributed by atoms with Crippen LogP contribution in [0.15, 0.2) is 46.8 Å². The lowest BCUT2D eigenvalue weighted by molar-refractivity contribution is 0.261. The van der Waals surface area contributed by atoms with Gasteiger partial charge in [0.2, 0.25) is 0 Å². The van der Waals surface area contributed by atoms with Gasteiger partial charge in [-0.25, -0.2) is 0 Å². The zero-order valence-electron chi connectivity index (χ0n) is 15.6. The molecule has 6 heteroatoms. The number of nitrogens with one attached hydrogen (secondary N) is 2. The SMILES string of the molecule is CCNC(=NCC(C)(C)c1cccs1)NC1CCOc2ccccc21.I.